The predicted molar refractivity (Wildman–Crippen MR) is 91.7 cm³/mol. The number of aromatic nitrogens is 8. The summed E-state index contributed by atoms with van der Waals surface area (Å²) in [5.41, 5.74) is 3.92. The number of nitrogens with one attached hydrogen (secondary N) is 1. The Balaban J connectivity index is 1.74. The summed E-state index contributed by atoms with van der Waals surface area (Å²) in [6.07, 6.45) is 2.76. The number of nitrogens with zero attached hydrogens (tertiary/aromatic N) is 7. The van der Waals surface area contributed by atoms with Gasteiger partial charge < -0.3 is 0 Å². The maximum Gasteiger partial charge on any atom is 0.235 e. The molecule has 0 saturated heterocycles. The normalized spacial score (nSPS) is 11.9. The molecule has 4 rings (SSSR count). The molecule has 0 unspecified atom stereocenters. The van der Waals surface area contributed by atoms with Crippen molar-refractivity contribution in [3.8, 4) is 22.1 Å². The minimum atomic E-state index is 0.580. The zero-order valence-electron chi connectivity index (χ0n) is 14.0. The highest BCUT2D eigenvalue weighted by atomic mass is 32.1. The minimum absolute atomic E-state index is 0.580. The van der Waals surface area contributed by atoms with Gasteiger partial charge in [-0.1, -0.05) is 25.2 Å². The third-order valence-electron chi connectivity index (χ3n) is 3.95. The van der Waals surface area contributed by atoms with E-state index in [2.05, 4.69) is 50.5 Å². The first kappa shape index (κ1) is 15.0. The standard InChI is InChI=1S/C15H18N8S/c1-8(2)5-10-6-12(18-17-10)14-21-23-13(19-20-15(23)24-14)11-7-16-22(4)9(11)3/h6-8H,5H2,1-4H3,(H,17,18). The quantitative estimate of drug-likeness (QED) is 0.615. The van der Waals surface area contributed by atoms with Crippen LogP contribution in [-0.2, 0) is 13.5 Å². The van der Waals surface area contributed by atoms with Crippen molar-refractivity contribution in [2.75, 3.05) is 0 Å². The van der Waals surface area contributed by atoms with Crippen molar-refractivity contribution in [2.45, 2.75) is 27.2 Å². The lowest BCUT2D eigenvalue weighted by Gasteiger charge is -1.98. The lowest BCUT2D eigenvalue weighted by Crippen LogP contribution is -1.95. The summed E-state index contributed by atoms with van der Waals surface area (Å²) < 4.78 is 3.58. The summed E-state index contributed by atoms with van der Waals surface area (Å²) in [5, 5.41) is 25.7. The molecular weight excluding hydrogens is 324 g/mol. The molecule has 0 saturated carbocycles. The number of rotatable bonds is 4. The van der Waals surface area contributed by atoms with Gasteiger partial charge in [0.25, 0.3) is 0 Å². The fourth-order valence-corrected chi connectivity index (χ4v) is 3.42. The highest BCUT2D eigenvalue weighted by Gasteiger charge is 2.19. The van der Waals surface area contributed by atoms with E-state index in [-0.39, 0.29) is 0 Å². The van der Waals surface area contributed by atoms with Crippen LogP contribution in [0.5, 0.6) is 0 Å². The molecule has 0 aliphatic heterocycles. The summed E-state index contributed by atoms with van der Waals surface area (Å²) in [4.78, 5) is 0.747. The maximum absolute atomic E-state index is 4.65. The van der Waals surface area contributed by atoms with Gasteiger partial charge in [0.2, 0.25) is 4.96 Å². The molecule has 0 amide bonds. The minimum Gasteiger partial charge on any atom is -0.282 e. The predicted octanol–water partition coefficient (Wildman–Crippen LogP) is 2.48. The number of hydrogen-bond donors (Lipinski definition) is 1. The van der Waals surface area contributed by atoms with Gasteiger partial charge in [-0.3, -0.25) is 9.78 Å². The number of hydrogen-bond acceptors (Lipinski definition) is 6. The Labute approximate surface area is 142 Å². The molecular formula is C15H18N8S. The second-order valence-electron chi connectivity index (χ2n) is 6.27. The first-order chi connectivity index (χ1) is 11.5. The summed E-state index contributed by atoms with van der Waals surface area (Å²) in [6.45, 7) is 6.38. The summed E-state index contributed by atoms with van der Waals surface area (Å²) in [5.74, 6) is 1.28. The van der Waals surface area contributed by atoms with Crippen LogP contribution >= 0.6 is 11.3 Å². The Kier molecular flexibility index (Phi) is 3.45. The van der Waals surface area contributed by atoms with Crippen molar-refractivity contribution >= 4 is 16.3 Å². The second kappa shape index (κ2) is 5.52. The van der Waals surface area contributed by atoms with Gasteiger partial charge in [0.15, 0.2) is 10.8 Å². The number of H-pyrrole nitrogens is 1. The molecule has 0 aliphatic rings. The molecule has 0 fully saturated rings. The van der Waals surface area contributed by atoms with Gasteiger partial charge in [-0.25, -0.2) is 0 Å². The zero-order valence-corrected chi connectivity index (χ0v) is 14.8. The van der Waals surface area contributed by atoms with Crippen LogP contribution in [-0.4, -0.2) is 39.8 Å². The van der Waals surface area contributed by atoms with E-state index in [0.717, 1.165) is 39.0 Å². The third kappa shape index (κ3) is 2.41. The van der Waals surface area contributed by atoms with Gasteiger partial charge in [-0.15, -0.1) is 10.2 Å². The third-order valence-corrected chi connectivity index (χ3v) is 4.87. The van der Waals surface area contributed by atoms with Gasteiger partial charge in [-0.2, -0.15) is 19.8 Å². The van der Waals surface area contributed by atoms with Gasteiger partial charge in [0, 0.05) is 18.4 Å². The number of aryl methyl sites for hydroxylation is 1. The Hall–Kier alpha value is -2.55. The molecule has 4 aromatic rings. The van der Waals surface area contributed by atoms with Gasteiger partial charge in [0.05, 0.1) is 11.8 Å². The molecule has 0 aliphatic carbocycles. The Morgan fingerprint density at radius 1 is 1.29 bits per heavy atom. The molecule has 0 bridgehead atoms. The van der Waals surface area contributed by atoms with Crippen LogP contribution < -0.4 is 0 Å². The highest BCUT2D eigenvalue weighted by Crippen LogP contribution is 2.28. The van der Waals surface area contributed by atoms with Gasteiger partial charge >= 0.3 is 0 Å². The topological polar surface area (TPSA) is 89.6 Å². The molecule has 0 aromatic carbocycles. The molecule has 8 nitrogen and oxygen atoms in total. The van der Waals surface area contributed by atoms with Crippen LogP contribution in [0.1, 0.15) is 25.2 Å². The maximum atomic E-state index is 4.65. The average molecular weight is 342 g/mol. The first-order valence-corrected chi connectivity index (χ1v) is 8.60. The first-order valence-electron chi connectivity index (χ1n) is 7.79. The fraction of sp³-hybridized carbons (Fsp3) is 0.400. The number of aromatic amines is 1. The fourth-order valence-electron chi connectivity index (χ4n) is 2.62. The Bertz CT molecular complexity index is 1000. The molecule has 0 spiro atoms. The van der Waals surface area contributed by atoms with E-state index >= 15 is 0 Å². The average Bonchev–Trinajstić information content (AvgIpc) is 3.25. The van der Waals surface area contributed by atoms with Crippen LogP contribution in [0, 0.1) is 12.8 Å². The van der Waals surface area contributed by atoms with E-state index in [1.165, 1.54) is 11.3 Å². The molecule has 0 atom stereocenters. The summed E-state index contributed by atoms with van der Waals surface area (Å²) >= 11 is 1.48. The molecule has 0 radical (unpaired) electrons. The lowest BCUT2D eigenvalue weighted by molar-refractivity contribution is 0.633. The van der Waals surface area contributed by atoms with E-state index < -0.39 is 0 Å². The van der Waals surface area contributed by atoms with Crippen molar-refractivity contribution in [2.24, 2.45) is 13.0 Å². The van der Waals surface area contributed by atoms with Crippen LogP contribution in [0.2, 0.25) is 0 Å². The van der Waals surface area contributed by atoms with E-state index in [1.807, 2.05) is 18.7 Å². The largest absolute Gasteiger partial charge is 0.282 e. The van der Waals surface area contributed by atoms with Crippen molar-refractivity contribution in [1.82, 2.24) is 39.8 Å². The lowest BCUT2D eigenvalue weighted by atomic mass is 10.1. The Morgan fingerprint density at radius 3 is 2.83 bits per heavy atom. The summed E-state index contributed by atoms with van der Waals surface area (Å²) in [6, 6.07) is 2.06. The van der Waals surface area contributed by atoms with Crippen LogP contribution in [0.4, 0.5) is 0 Å². The molecule has 1 N–H and O–H groups in total. The van der Waals surface area contributed by atoms with Gasteiger partial charge in [0.1, 0.15) is 5.69 Å². The van der Waals surface area contributed by atoms with E-state index in [0.29, 0.717) is 11.7 Å². The van der Waals surface area contributed by atoms with Crippen molar-refractivity contribution in [1.29, 1.82) is 0 Å². The Morgan fingerprint density at radius 2 is 2.12 bits per heavy atom. The monoisotopic (exact) mass is 342 g/mol. The smallest absolute Gasteiger partial charge is 0.235 e. The molecule has 9 heteroatoms. The van der Waals surface area contributed by atoms with Crippen LogP contribution in [0.3, 0.4) is 0 Å². The zero-order chi connectivity index (χ0) is 16.8. The van der Waals surface area contributed by atoms with Crippen molar-refractivity contribution in [3.05, 3.63) is 23.7 Å². The van der Waals surface area contributed by atoms with E-state index in [1.54, 1.807) is 10.7 Å². The highest BCUT2D eigenvalue weighted by molar-refractivity contribution is 7.19. The molecule has 24 heavy (non-hydrogen) atoms. The molecule has 4 heterocycles. The van der Waals surface area contributed by atoms with E-state index in [4.69, 9.17) is 0 Å². The molecule has 124 valence electrons. The van der Waals surface area contributed by atoms with Crippen LogP contribution in [0.25, 0.3) is 27.1 Å². The molecule has 4 aromatic heterocycles. The second-order valence-corrected chi connectivity index (χ2v) is 7.22. The van der Waals surface area contributed by atoms with Crippen molar-refractivity contribution in [3.63, 3.8) is 0 Å². The van der Waals surface area contributed by atoms with Crippen LogP contribution in [0.15, 0.2) is 12.3 Å². The summed E-state index contributed by atoms with van der Waals surface area (Å²) in [7, 11) is 1.91. The number of fused-ring (bicyclic) bond motifs is 1. The SMILES string of the molecule is Cc1c(-c2nnc3sc(-c4cc(CC(C)C)[nH]n4)nn23)cnn1C. The van der Waals surface area contributed by atoms with Gasteiger partial charge in [-0.05, 0) is 25.3 Å². The van der Waals surface area contributed by atoms with E-state index in [9.17, 15) is 0 Å². The van der Waals surface area contributed by atoms with Crippen molar-refractivity contribution < 1.29 is 0 Å².